The van der Waals surface area contributed by atoms with Gasteiger partial charge < -0.3 is 9.64 Å². The molecule has 3 aromatic rings. The lowest BCUT2D eigenvalue weighted by atomic mass is 10.0. The molecule has 1 unspecified atom stereocenters. The minimum atomic E-state index is -4.57. The Morgan fingerprint density at radius 3 is 2.71 bits per heavy atom. The van der Waals surface area contributed by atoms with Crippen LogP contribution in [0.3, 0.4) is 0 Å². The molecule has 1 amide bonds. The average Bonchev–Trinajstić information content (AvgIpc) is 3.50. The third-order valence-electron chi connectivity index (χ3n) is 6.15. The molecule has 0 fully saturated rings. The minimum Gasteiger partial charge on any atom is -0.494 e. The van der Waals surface area contributed by atoms with Crippen molar-refractivity contribution in [2.24, 2.45) is 16.3 Å². The quantitative estimate of drug-likeness (QED) is 0.415. The third-order valence-corrected chi connectivity index (χ3v) is 6.38. The second kappa shape index (κ2) is 10.0. The molecule has 2 aliphatic rings. The summed E-state index contributed by atoms with van der Waals surface area (Å²) in [7, 11) is 1.53. The van der Waals surface area contributed by atoms with E-state index in [9.17, 15) is 18.0 Å². The lowest BCUT2D eigenvalue weighted by Gasteiger charge is -2.25. The van der Waals surface area contributed by atoms with Crippen LogP contribution < -0.4 is 9.64 Å². The normalized spacial score (nSPS) is 18.5. The van der Waals surface area contributed by atoms with E-state index in [0.717, 1.165) is 4.90 Å². The highest BCUT2D eigenvalue weighted by molar-refractivity contribution is 6.30. The summed E-state index contributed by atoms with van der Waals surface area (Å²) >= 11 is 6.07. The fourth-order valence-electron chi connectivity index (χ4n) is 4.41. The van der Waals surface area contributed by atoms with E-state index in [1.54, 1.807) is 42.3 Å². The molecule has 2 aliphatic heterocycles. The number of amides is 1. The van der Waals surface area contributed by atoms with Crippen molar-refractivity contribution in [3.8, 4) is 11.4 Å². The number of anilines is 1. The molecule has 1 atom stereocenters. The monoisotopic (exact) mass is 544 g/mol. The SMILES string of the molecule is COc1cc(C2=C/[N+](=C\C3CCc4cc(Cl)ccc4N(CC(F)(F)F)C3=O)N=N2)ccc1-n1cnc(C)n1. The second-order valence-corrected chi connectivity index (χ2v) is 9.25. The molecule has 2 aromatic carbocycles. The van der Waals surface area contributed by atoms with Crippen LogP contribution in [-0.4, -0.2) is 51.4 Å². The molecule has 5 rings (SSSR count). The predicted octanol–water partition coefficient (Wildman–Crippen LogP) is 5.16. The van der Waals surface area contributed by atoms with Gasteiger partial charge >= 0.3 is 6.18 Å². The number of alkyl halides is 3. The molecular weight excluding hydrogens is 523 g/mol. The number of ether oxygens (including phenoxy) is 1. The molecule has 9 nitrogen and oxygen atoms in total. The van der Waals surface area contributed by atoms with E-state index in [-0.39, 0.29) is 12.1 Å². The van der Waals surface area contributed by atoms with Crippen LogP contribution in [0.2, 0.25) is 5.02 Å². The summed E-state index contributed by atoms with van der Waals surface area (Å²) in [5.41, 5.74) is 2.66. The lowest BCUT2D eigenvalue weighted by molar-refractivity contribution is -0.460. The van der Waals surface area contributed by atoms with Gasteiger partial charge in [-0.05, 0) is 61.7 Å². The topological polar surface area (TPSA) is 88.0 Å². The molecule has 3 heterocycles. The Hall–Kier alpha value is -4.06. The zero-order valence-electron chi connectivity index (χ0n) is 20.4. The molecule has 0 spiro atoms. The molecule has 0 N–H and O–H groups in total. The van der Waals surface area contributed by atoms with Gasteiger partial charge in [0.15, 0.2) is 6.20 Å². The van der Waals surface area contributed by atoms with E-state index in [1.165, 1.54) is 30.1 Å². The zero-order chi connectivity index (χ0) is 27.0. The molecule has 196 valence electrons. The fourth-order valence-corrected chi connectivity index (χ4v) is 4.60. The van der Waals surface area contributed by atoms with Crippen LogP contribution in [0.25, 0.3) is 11.4 Å². The molecule has 38 heavy (non-hydrogen) atoms. The third kappa shape index (κ3) is 5.30. The minimum absolute atomic E-state index is 0.210. The Bertz CT molecular complexity index is 1500. The van der Waals surface area contributed by atoms with E-state index in [1.807, 2.05) is 6.07 Å². The van der Waals surface area contributed by atoms with Crippen LogP contribution in [0.4, 0.5) is 18.9 Å². The number of fused-ring (bicyclic) bond motifs is 1. The van der Waals surface area contributed by atoms with E-state index < -0.39 is 24.5 Å². The first-order valence-electron chi connectivity index (χ1n) is 11.6. The molecular formula is C25H22ClF3N7O2+. The summed E-state index contributed by atoms with van der Waals surface area (Å²) in [5, 5.41) is 13.0. The van der Waals surface area contributed by atoms with Gasteiger partial charge in [0.25, 0.3) is 5.70 Å². The van der Waals surface area contributed by atoms with Crippen LogP contribution in [0, 0.1) is 12.8 Å². The number of carbonyl (C=O) groups is 1. The van der Waals surface area contributed by atoms with Gasteiger partial charge in [-0.1, -0.05) is 11.6 Å². The van der Waals surface area contributed by atoms with Crippen LogP contribution in [0.5, 0.6) is 5.75 Å². The van der Waals surface area contributed by atoms with E-state index in [0.29, 0.717) is 45.5 Å². The van der Waals surface area contributed by atoms with E-state index in [2.05, 4.69) is 20.4 Å². The number of aromatic nitrogens is 3. The van der Waals surface area contributed by atoms with Crippen LogP contribution in [-0.2, 0) is 11.2 Å². The first-order chi connectivity index (χ1) is 18.1. The fraction of sp³-hybridized carbons (Fsp3) is 0.280. The predicted molar refractivity (Wildman–Crippen MR) is 133 cm³/mol. The first kappa shape index (κ1) is 25.6. The zero-order valence-corrected chi connectivity index (χ0v) is 21.1. The second-order valence-electron chi connectivity index (χ2n) is 8.81. The molecule has 0 bridgehead atoms. The van der Waals surface area contributed by atoms with Crippen molar-refractivity contribution in [3.63, 3.8) is 0 Å². The molecule has 0 aliphatic carbocycles. The Morgan fingerprint density at radius 2 is 2.00 bits per heavy atom. The summed E-state index contributed by atoms with van der Waals surface area (Å²) in [4.78, 5) is 18.2. The number of nitrogens with zero attached hydrogens (tertiary/aromatic N) is 7. The highest BCUT2D eigenvalue weighted by Gasteiger charge is 2.39. The molecule has 0 saturated heterocycles. The standard InChI is InChI=1S/C25H22ClF3N7O2/c1-15-30-14-36(32-15)22-7-5-16(10-23(22)38-2)20-12-34(33-31-20)11-18-4-3-17-9-19(26)6-8-21(17)35(24(18)37)13-25(27,28)29/h5-12,14,18H,3-4,13H2,1-2H3/q+1/b34-11+. The van der Waals surface area contributed by atoms with Crippen molar-refractivity contribution in [1.82, 2.24) is 14.8 Å². The Balaban J connectivity index is 1.43. The Kier molecular flexibility index (Phi) is 6.74. The number of benzene rings is 2. The van der Waals surface area contributed by atoms with Gasteiger partial charge in [0.05, 0.1) is 18.1 Å². The van der Waals surface area contributed by atoms with Crippen LogP contribution in [0.1, 0.15) is 23.4 Å². The molecule has 1 aromatic heterocycles. The van der Waals surface area contributed by atoms with Gasteiger partial charge in [0.1, 0.15) is 41.6 Å². The largest absolute Gasteiger partial charge is 0.494 e. The van der Waals surface area contributed by atoms with Crippen LogP contribution >= 0.6 is 11.6 Å². The summed E-state index contributed by atoms with van der Waals surface area (Å²) in [6.07, 6.45) is 0.757. The van der Waals surface area contributed by atoms with Crippen molar-refractivity contribution in [2.75, 3.05) is 18.6 Å². The first-order valence-corrected chi connectivity index (χ1v) is 12.0. The average molecular weight is 545 g/mol. The Morgan fingerprint density at radius 1 is 1.21 bits per heavy atom. The maximum absolute atomic E-state index is 13.4. The number of rotatable bonds is 5. The van der Waals surface area contributed by atoms with E-state index >= 15 is 0 Å². The number of aryl methyl sites for hydroxylation is 2. The number of hydrogen-bond acceptors (Lipinski definition) is 6. The number of carbonyl (C=O) groups excluding carboxylic acids is 1. The van der Waals surface area contributed by atoms with Gasteiger partial charge in [-0.15, -0.1) is 4.68 Å². The van der Waals surface area contributed by atoms with Gasteiger partial charge in [-0.25, -0.2) is 9.67 Å². The molecule has 13 heteroatoms. The van der Waals surface area contributed by atoms with Crippen LogP contribution in [0.15, 0.2) is 59.3 Å². The van der Waals surface area contributed by atoms with Gasteiger partial charge in [0, 0.05) is 16.3 Å². The van der Waals surface area contributed by atoms with Crippen molar-refractivity contribution in [2.45, 2.75) is 25.9 Å². The smallest absolute Gasteiger partial charge is 0.406 e. The number of hydrogen-bond donors (Lipinski definition) is 0. The summed E-state index contributed by atoms with van der Waals surface area (Å²) in [6, 6.07) is 9.91. The maximum atomic E-state index is 13.4. The number of methoxy groups -OCH3 is 1. The van der Waals surface area contributed by atoms with Crippen molar-refractivity contribution >= 4 is 35.1 Å². The van der Waals surface area contributed by atoms with Gasteiger partial charge in [-0.2, -0.15) is 18.3 Å². The molecule has 0 saturated carbocycles. The van der Waals surface area contributed by atoms with Crippen molar-refractivity contribution in [3.05, 3.63) is 70.9 Å². The molecule has 0 radical (unpaired) electrons. The van der Waals surface area contributed by atoms with E-state index in [4.69, 9.17) is 16.3 Å². The summed E-state index contributed by atoms with van der Waals surface area (Å²) in [5.74, 6) is -0.383. The van der Waals surface area contributed by atoms with Gasteiger partial charge in [-0.3, -0.25) is 4.79 Å². The Labute approximate surface area is 220 Å². The summed E-state index contributed by atoms with van der Waals surface area (Å²) < 4.78 is 48.6. The lowest BCUT2D eigenvalue weighted by Crippen LogP contribution is -2.42. The summed E-state index contributed by atoms with van der Waals surface area (Å²) in [6.45, 7) is 0.381. The van der Waals surface area contributed by atoms with Crippen molar-refractivity contribution in [1.29, 1.82) is 0 Å². The van der Waals surface area contributed by atoms with Gasteiger partial charge in [0.2, 0.25) is 5.91 Å². The number of halogens is 4. The van der Waals surface area contributed by atoms with Crippen molar-refractivity contribution < 1.29 is 27.4 Å². The highest BCUT2D eigenvalue weighted by atomic mass is 35.5. The maximum Gasteiger partial charge on any atom is 0.406 e. The highest BCUT2D eigenvalue weighted by Crippen LogP contribution is 2.34.